The van der Waals surface area contributed by atoms with E-state index in [2.05, 4.69) is 31.7 Å². The van der Waals surface area contributed by atoms with Gasteiger partial charge in [-0.2, -0.15) is 12.6 Å². The summed E-state index contributed by atoms with van der Waals surface area (Å²) in [5.74, 6) is 0.483. The first-order chi connectivity index (χ1) is 10.3. The van der Waals surface area contributed by atoms with Crippen LogP contribution in [0.15, 0.2) is 12.2 Å². The van der Waals surface area contributed by atoms with E-state index < -0.39 is 0 Å². The third-order valence-electron chi connectivity index (χ3n) is 3.51. The maximum Gasteiger partial charge on any atom is 0.306 e. The van der Waals surface area contributed by atoms with Gasteiger partial charge in [-0.05, 0) is 19.3 Å². The molecule has 3 heteroatoms. The van der Waals surface area contributed by atoms with Crippen LogP contribution in [0.5, 0.6) is 0 Å². The molecule has 0 spiro atoms. The Bertz CT molecular complexity index is 252. The summed E-state index contributed by atoms with van der Waals surface area (Å²) in [4.78, 5) is 11.2. The molecule has 0 aromatic heterocycles. The van der Waals surface area contributed by atoms with Crippen molar-refractivity contribution in [3.63, 3.8) is 0 Å². The first-order valence-corrected chi connectivity index (χ1v) is 9.36. The number of hydrogen-bond donors (Lipinski definition) is 1. The average molecular weight is 315 g/mol. The van der Waals surface area contributed by atoms with Crippen LogP contribution in [-0.2, 0) is 9.53 Å². The van der Waals surface area contributed by atoms with Crippen molar-refractivity contribution < 1.29 is 9.53 Å². The van der Waals surface area contributed by atoms with Gasteiger partial charge in [0.25, 0.3) is 0 Å². The Morgan fingerprint density at radius 2 is 1.48 bits per heavy atom. The number of allylic oxidation sites excluding steroid dienone is 2. The number of carbonyl (C=O) groups is 1. The van der Waals surface area contributed by atoms with Crippen molar-refractivity contribution >= 4 is 18.6 Å². The lowest BCUT2D eigenvalue weighted by Crippen LogP contribution is -2.05. The predicted molar refractivity (Wildman–Crippen MR) is 95.0 cm³/mol. The first-order valence-electron chi connectivity index (χ1n) is 8.72. The van der Waals surface area contributed by atoms with E-state index in [1.54, 1.807) is 0 Å². The summed E-state index contributed by atoms with van der Waals surface area (Å²) in [6.45, 7) is 2.68. The molecule has 0 saturated carbocycles. The molecule has 0 heterocycles. The molecule has 0 saturated heterocycles. The van der Waals surface area contributed by atoms with E-state index in [9.17, 15) is 4.79 Å². The number of hydrogen-bond acceptors (Lipinski definition) is 3. The zero-order chi connectivity index (χ0) is 15.6. The Kier molecular flexibility index (Phi) is 17.2. The fraction of sp³-hybridized carbons (Fsp3) is 0.833. The molecular formula is C18H34O2S. The topological polar surface area (TPSA) is 26.3 Å². The standard InChI is InChI=1S/C18H34O2S/c1-2-3-4-5-6-7-8-9-10-11-12-13-14-15-18(19)20-16-17-21/h12-13,21H,2-11,14-17H2,1H3/b13-12+. The molecule has 0 aliphatic heterocycles. The minimum atomic E-state index is -0.114. The van der Waals surface area contributed by atoms with Crippen LogP contribution in [0.25, 0.3) is 0 Å². The van der Waals surface area contributed by atoms with Crippen LogP contribution in [-0.4, -0.2) is 18.3 Å². The maximum atomic E-state index is 11.2. The monoisotopic (exact) mass is 314 g/mol. The van der Waals surface area contributed by atoms with E-state index >= 15 is 0 Å². The molecule has 21 heavy (non-hydrogen) atoms. The number of carbonyl (C=O) groups excluding carboxylic acids is 1. The van der Waals surface area contributed by atoms with E-state index in [1.807, 2.05) is 0 Å². The SMILES string of the molecule is CCCCCCCCCCC/C=C/CCC(=O)OCCS. The van der Waals surface area contributed by atoms with E-state index in [0.29, 0.717) is 18.8 Å². The van der Waals surface area contributed by atoms with Crippen LogP contribution in [0.4, 0.5) is 0 Å². The van der Waals surface area contributed by atoms with Crippen LogP contribution < -0.4 is 0 Å². The highest BCUT2D eigenvalue weighted by Gasteiger charge is 1.98. The van der Waals surface area contributed by atoms with Crippen LogP contribution in [0.1, 0.15) is 84.0 Å². The second kappa shape index (κ2) is 17.6. The molecule has 0 radical (unpaired) electrons. The number of unbranched alkanes of at least 4 members (excludes halogenated alkanes) is 9. The van der Waals surface area contributed by atoms with Crippen molar-refractivity contribution in [2.45, 2.75) is 84.0 Å². The zero-order valence-corrected chi connectivity index (χ0v) is 14.7. The van der Waals surface area contributed by atoms with E-state index in [4.69, 9.17) is 4.74 Å². The Balaban J connectivity index is 3.16. The molecule has 124 valence electrons. The average Bonchev–Trinajstić information content (AvgIpc) is 2.49. The van der Waals surface area contributed by atoms with Gasteiger partial charge in [-0.15, -0.1) is 0 Å². The molecule has 2 nitrogen and oxygen atoms in total. The molecule has 0 bridgehead atoms. The number of rotatable bonds is 15. The largest absolute Gasteiger partial charge is 0.465 e. The van der Waals surface area contributed by atoms with E-state index in [1.165, 1.54) is 57.8 Å². The molecule has 0 N–H and O–H groups in total. The highest BCUT2D eigenvalue weighted by Crippen LogP contribution is 2.10. The Hall–Kier alpha value is -0.440. The van der Waals surface area contributed by atoms with Gasteiger partial charge in [0.2, 0.25) is 0 Å². The van der Waals surface area contributed by atoms with E-state index in [0.717, 1.165) is 12.8 Å². The Morgan fingerprint density at radius 1 is 0.905 bits per heavy atom. The van der Waals surface area contributed by atoms with Gasteiger partial charge >= 0.3 is 5.97 Å². The Morgan fingerprint density at radius 3 is 2.10 bits per heavy atom. The Labute approximate surface area is 137 Å². The van der Waals surface area contributed by atoms with Gasteiger partial charge in [0.05, 0.1) is 0 Å². The summed E-state index contributed by atoms with van der Waals surface area (Å²) < 4.78 is 4.95. The highest BCUT2D eigenvalue weighted by atomic mass is 32.1. The summed E-state index contributed by atoms with van der Waals surface area (Å²) >= 11 is 4.00. The van der Waals surface area contributed by atoms with Gasteiger partial charge in [0.15, 0.2) is 0 Å². The predicted octanol–water partition coefficient (Wildman–Crippen LogP) is 5.72. The minimum absolute atomic E-state index is 0.114. The normalized spacial score (nSPS) is 11.1. The van der Waals surface area contributed by atoms with Crippen molar-refractivity contribution in [2.24, 2.45) is 0 Å². The van der Waals surface area contributed by atoms with Gasteiger partial charge in [-0.25, -0.2) is 0 Å². The van der Waals surface area contributed by atoms with Gasteiger partial charge < -0.3 is 4.74 Å². The van der Waals surface area contributed by atoms with Crippen molar-refractivity contribution in [3.05, 3.63) is 12.2 Å². The van der Waals surface area contributed by atoms with E-state index in [-0.39, 0.29) is 5.97 Å². The van der Waals surface area contributed by atoms with Crippen LogP contribution >= 0.6 is 12.6 Å². The lowest BCUT2D eigenvalue weighted by atomic mass is 10.1. The second-order valence-electron chi connectivity index (χ2n) is 5.57. The summed E-state index contributed by atoms with van der Waals surface area (Å²) in [5, 5.41) is 0. The van der Waals surface area contributed by atoms with Crippen molar-refractivity contribution in [2.75, 3.05) is 12.4 Å². The third-order valence-corrected chi connectivity index (χ3v) is 3.69. The van der Waals surface area contributed by atoms with Crippen LogP contribution in [0, 0.1) is 0 Å². The number of thiol groups is 1. The van der Waals surface area contributed by atoms with Gasteiger partial charge in [0.1, 0.15) is 6.61 Å². The molecule has 0 aliphatic carbocycles. The summed E-state index contributed by atoms with van der Waals surface area (Å²) in [6.07, 6.45) is 19.1. The van der Waals surface area contributed by atoms with Crippen LogP contribution in [0.3, 0.4) is 0 Å². The number of ether oxygens (including phenoxy) is 1. The molecular weight excluding hydrogens is 280 g/mol. The van der Waals surface area contributed by atoms with Crippen molar-refractivity contribution in [3.8, 4) is 0 Å². The highest BCUT2D eigenvalue weighted by molar-refractivity contribution is 7.80. The quantitative estimate of drug-likeness (QED) is 0.181. The molecule has 0 aliphatic rings. The molecule has 0 atom stereocenters. The second-order valence-corrected chi connectivity index (χ2v) is 6.02. The smallest absolute Gasteiger partial charge is 0.306 e. The fourth-order valence-electron chi connectivity index (χ4n) is 2.24. The third kappa shape index (κ3) is 17.5. The molecule has 0 aromatic rings. The zero-order valence-electron chi connectivity index (χ0n) is 13.8. The molecule has 0 amide bonds. The van der Waals surface area contributed by atoms with Crippen molar-refractivity contribution in [1.82, 2.24) is 0 Å². The fourth-order valence-corrected chi connectivity index (χ4v) is 2.33. The minimum Gasteiger partial charge on any atom is -0.465 e. The van der Waals surface area contributed by atoms with Gasteiger partial charge in [-0.3, -0.25) is 4.79 Å². The lowest BCUT2D eigenvalue weighted by molar-refractivity contribution is -0.142. The molecule has 0 unspecified atom stereocenters. The van der Waals surface area contributed by atoms with Gasteiger partial charge in [-0.1, -0.05) is 70.4 Å². The first kappa shape index (κ1) is 20.6. The van der Waals surface area contributed by atoms with Gasteiger partial charge in [0, 0.05) is 12.2 Å². The maximum absolute atomic E-state index is 11.2. The summed E-state index contributed by atoms with van der Waals surface area (Å²) in [5.41, 5.74) is 0. The number of esters is 1. The molecule has 0 aromatic carbocycles. The van der Waals surface area contributed by atoms with Crippen molar-refractivity contribution in [1.29, 1.82) is 0 Å². The molecule has 0 rings (SSSR count). The van der Waals surface area contributed by atoms with Crippen LogP contribution in [0.2, 0.25) is 0 Å². The molecule has 0 fully saturated rings. The lowest BCUT2D eigenvalue weighted by Gasteiger charge is -2.01. The summed E-state index contributed by atoms with van der Waals surface area (Å²) in [7, 11) is 0. The summed E-state index contributed by atoms with van der Waals surface area (Å²) in [6, 6.07) is 0.